The van der Waals surface area contributed by atoms with Gasteiger partial charge in [-0.15, -0.1) is 0 Å². The van der Waals surface area contributed by atoms with Crippen molar-refractivity contribution < 1.29 is 9.59 Å². The number of nitrogen functional groups attached to an aromatic ring is 1. The highest BCUT2D eigenvalue weighted by Crippen LogP contribution is 2.36. The van der Waals surface area contributed by atoms with Crippen molar-refractivity contribution in [2.24, 2.45) is 7.05 Å². The van der Waals surface area contributed by atoms with Crippen molar-refractivity contribution in [1.82, 2.24) is 25.0 Å². The zero-order valence-corrected chi connectivity index (χ0v) is 20.9. The van der Waals surface area contributed by atoms with Gasteiger partial charge in [0, 0.05) is 71.2 Å². The molecule has 1 atom stereocenters. The second-order valence-corrected chi connectivity index (χ2v) is 9.62. The van der Waals surface area contributed by atoms with Gasteiger partial charge >= 0.3 is 0 Å². The minimum absolute atomic E-state index is 0.111. The van der Waals surface area contributed by atoms with E-state index >= 15 is 0 Å². The van der Waals surface area contributed by atoms with Crippen molar-refractivity contribution in [3.05, 3.63) is 42.2 Å². The molecule has 0 bridgehead atoms. The Morgan fingerprint density at radius 1 is 1.17 bits per heavy atom. The molecule has 1 amide bonds. The minimum Gasteiger partial charge on any atom is -0.384 e. The van der Waals surface area contributed by atoms with Crippen molar-refractivity contribution in [3.63, 3.8) is 0 Å². The van der Waals surface area contributed by atoms with E-state index in [4.69, 9.17) is 10.8 Å². The fourth-order valence-corrected chi connectivity index (χ4v) is 5.47. The van der Waals surface area contributed by atoms with Crippen LogP contribution in [-0.2, 0) is 16.6 Å². The molecule has 2 aliphatic heterocycles. The topological polar surface area (TPSA) is 113 Å². The third-order valence-electron chi connectivity index (χ3n) is 7.51. The first-order valence-electron chi connectivity index (χ1n) is 12.6. The predicted octanol–water partition coefficient (Wildman–Crippen LogP) is 1.37. The number of fused-ring (bicyclic) bond motifs is 1. The number of nitrogens with one attached hydrogen (secondary N) is 1. The normalized spacial score (nSPS) is 17.7. The lowest BCUT2D eigenvalue weighted by Crippen LogP contribution is -2.63. The van der Waals surface area contributed by atoms with Gasteiger partial charge in [-0.1, -0.05) is 12.1 Å². The minimum atomic E-state index is -0.448. The molecule has 10 nitrogen and oxygen atoms in total. The highest BCUT2D eigenvalue weighted by Gasteiger charge is 2.35. The van der Waals surface area contributed by atoms with Crippen molar-refractivity contribution in [3.8, 4) is 0 Å². The first-order chi connectivity index (χ1) is 17.5. The Morgan fingerprint density at radius 2 is 1.94 bits per heavy atom. The lowest BCUT2D eigenvalue weighted by Gasteiger charge is -2.49. The molecule has 0 saturated carbocycles. The summed E-state index contributed by atoms with van der Waals surface area (Å²) in [7, 11) is 3.55. The highest BCUT2D eigenvalue weighted by molar-refractivity contribution is 5.97. The number of carbonyl (C=O) groups excluding carboxylic acids is 2. The van der Waals surface area contributed by atoms with Crippen LogP contribution in [0.25, 0.3) is 10.9 Å². The summed E-state index contributed by atoms with van der Waals surface area (Å²) >= 11 is 0. The molecular weight excluding hydrogens is 456 g/mol. The van der Waals surface area contributed by atoms with Gasteiger partial charge in [0.15, 0.2) is 0 Å². The first kappa shape index (κ1) is 24.1. The molecule has 0 radical (unpaired) electrons. The number of amides is 1. The van der Waals surface area contributed by atoms with Gasteiger partial charge in [-0.05, 0) is 24.6 Å². The lowest BCUT2D eigenvalue weighted by atomic mass is 9.95. The number of carbonyl (C=O) groups is 2. The SMILES string of the molecule is CNC(=O)C(CCC=O)c1nn(C)c2c(N3CC(N4CCN(c5ccc(N)nc5)CC4)C3)cccc12. The zero-order valence-electron chi connectivity index (χ0n) is 20.9. The molecule has 10 heteroatoms. The molecule has 4 heterocycles. The van der Waals surface area contributed by atoms with Crippen LogP contribution in [0.1, 0.15) is 24.5 Å². The molecule has 190 valence electrons. The van der Waals surface area contributed by atoms with E-state index in [0.717, 1.165) is 73.5 Å². The van der Waals surface area contributed by atoms with Gasteiger partial charge in [0.2, 0.25) is 5.91 Å². The van der Waals surface area contributed by atoms with Crippen LogP contribution in [-0.4, -0.2) is 84.2 Å². The number of aromatic nitrogens is 3. The second kappa shape index (κ2) is 10.1. The Balaban J connectivity index is 1.27. The van der Waals surface area contributed by atoms with Crippen molar-refractivity contribution >= 4 is 40.3 Å². The molecule has 36 heavy (non-hydrogen) atoms. The van der Waals surface area contributed by atoms with Crippen molar-refractivity contribution in [2.45, 2.75) is 24.8 Å². The Kier molecular flexibility index (Phi) is 6.77. The molecule has 0 aliphatic carbocycles. The number of hydrogen-bond acceptors (Lipinski definition) is 8. The number of piperazine rings is 1. The van der Waals surface area contributed by atoms with Crippen molar-refractivity contribution in [1.29, 1.82) is 0 Å². The summed E-state index contributed by atoms with van der Waals surface area (Å²) in [4.78, 5) is 35.2. The van der Waals surface area contributed by atoms with Gasteiger partial charge in [0.25, 0.3) is 0 Å². The van der Waals surface area contributed by atoms with Crippen LogP contribution >= 0.6 is 0 Å². The van der Waals surface area contributed by atoms with E-state index in [2.05, 4.69) is 31.1 Å². The van der Waals surface area contributed by atoms with Gasteiger partial charge in [-0.3, -0.25) is 14.4 Å². The van der Waals surface area contributed by atoms with E-state index in [1.54, 1.807) is 7.05 Å². The summed E-state index contributed by atoms with van der Waals surface area (Å²) in [6.45, 7) is 5.93. The number of aryl methyl sites for hydroxylation is 1. The largest absolute Gasteiger partial charge is 0.384 e. The molecule has 3 aromatic rings. The van der Waals surface area contributed by atoms with E-state index < -0.39 is 5.92 Å². The Bertz CT molecular complexity index is 1230. The lowest BCUT2D eigenvalue weighted by molar-refractivity contribution is -0.122. The maximum absolute atomic E-state index is 12.6. The van der Waals surface area contributed by atoms with E-state index in [-0.39, 0.29) is 5.91 Å². The molecule has 3 N–H and O–H groups in total. The highest BCUT2D eigenvalue weighted by atomic mass is 16.1. The smallest absolute Gasteiger partial charge is 0.228 e. The van der Waals surface area contributed by atoms with Crippen LogP contribution in [0.15, 0.2) is 36.5 Å². The Hall–Kier alpha value is -3.66. The zero-order chi connectivity index (χ0) is 25.2. The summed E-state index contributed by atoms with van der Waals surface area (Å²) in [6.07, 6.45) is 3.49. The van der Waals surface area contributed by atoms with Gasteiger partial charge in [-0.2, -0.15) is 5.10 Å². The standard InChI is InChI=1S/C26H34N8O2/c1-28-26(36)21(6-4-14-35)24-20-5-3-7-22(25(20)31(2)30-24)34-16-19(17-34)33-12-10-32(11-13-33)18-8-9-23(27)29-15-18/h3,5,7-9,14-15,19,21H,4,6,10-13,16-17H2,1-2H3,(H2,27,29)(H,28,36). The van der Waals surface area contributed by atoms with E-state index in [9.17, 15) is 9.59 Å². The molecule has 2 saturated heterocycles. The predicted molar refractivity (Wildman–Crippen MR) is 141 cm³/mol. The quantitative estimate of drug-likeness (QED) is 0.456. The Morgan fingerprint density at radius 3 is 2.61 bits per heavy atom. The number of para-hydroxylation sites is 1. The van der Waals surface area contributed by atoms with Crippen LogP contribution in [0.5, 0.6) is 0 Å². The van der Waals surface area contributed by atoms with Crippen LogP contribution < -0.4 is 20.9 Å². The summed E-state index contributed by atoms with van der Waals surface area (Å²) in [5.74, 6) is -0.0105. The van der Waals surface area contributed by atoms with Crippen LogP contribution in [0.4, 0.5) is 17.2 Å². The van der Waals surface area contributed by atoms with Gasteiger partial charge in [0.1, 0.15) is 12.1 Å². The second-order valence-electron chi connectivity index (χ2n) is 9.62. The maximum Gasteiger partial charge on any atom is 0.228 e. The summed E-state index contributed by atoms with van der Waals surface area (Å²) < 4.78 is 1.88. The third kappa shape index (κ3) is 4.48. The summed E-state index contributed by atoms with van der Waals surface area (Å²) in [6, 6.07) is 10.6. The molecule has 1 aromatic carbocycles. The maximum atomic E-state index is 12.6. The number of likely N-dealkylation sites (N-methyl/N-ethyl adjacent to an activating group) is 1. The number of nitrogens with two attached hydrogens (primary N) is 1. The average molecular weight is 491 g/mol. The van der Waals surface area contributed by atoms with Crippen molar-refractivity contribution in [2.75, 3.05) is 61.8 Å². The summed E-state index contributed by atoms with van der Waals surface area (Å²) in [5.41, 5.74) is 9.76. The van der Waals surface area contributed by atoms with Gasteiger partial charge in [-0.25, -0.2) is 4.98 Å². The molecule has 5 rings (SSSR count). The number of hydrogen-bond donors (Lipinski definition) is 2. The molecule has 2 aliphatic rings. The average Bonchev–Trinajstić information content (AvgIpc) is 3.21. The monoisotopic (exact) mass is 490 g/mol. The number of rotatable bonds is 8. The molecular formula is C26H34N8O2. The first-order valence-corrected chi connectivity index (χ1v) is 12.6. The molecule has 1 unspecified atom stereocenters. The number of benzene rings is 1. The van der Waals surface area contributed by atoms with Gasteiger partial charge < -0.3 is 25.6 Å². The fraction of sp³-hybridized carbons (Fsp3) is 0.462. The number of nitrogens with zero attached hydrogens (tertiary/aromatic N) is 6. The number of anilines is 3. The Labute approximate surface area is 211 Å². The van der Waals surface area contributed by atoms with Crippen LogP contribution in [0.3, 0.4) is 0 Å². The molecule has 0 spiro atoms. The van der Waals surface area contributed by atoms with E-state index in [0.29, 0.717) is 24.7 Å². The number of aldehydes is 1. The number of pyridine rings is 1. The van der Waals surface area contributed by atoms with Crippen LogP contribution in [0.2, 0.25) is 0 Å². The molecule has 2 fully saturated rings. The van der Waals surface area contributed by atoms with Crippen LogP contribution in [0, 0.1) is 0 Å². The molecule has 2 aromatic heterocycles. The van der Waals surface area contributed by atoms with E-state index in [1.165, 1.54) is 0 Å². The summed E-state index contributed by atoms with van der Waals surface area (Å²) in [5, 5.41) is 8.46. The fourth-order valence-electron chi connectivity index (χ4n) is 5.47. The van der Waals surface area contributed by atoms with E-state index in [1.807, 2.05) is 42.2 Å². The third-order valence-corrected chi connectivity index (χ3v) is 7.51. The van der Waals surface area contributed by atoms with Gasteiger partial charge in [0.05, 0.1) is 34.7 Å².